The summed E-state index contributed by atoms with van der Waals surface area (Å²) in [5, 5.41) is 4.77. The van der Waals surface area contributed by atoms with Crippen molar-refractivity contribution in [2.24, 2.45) is 0 Å². The van der Waals surface area contributed by atoms with E-state index in [4.69, 9.17) is 0 Å². The monoisotopic (exact) mass is 348 g/mol. The van der Waals surface area contributed by atoms with E-state index >= 15 is 0 Å². The minimum absolute atomic E-state index is 0.132. The lowest BCUT2D eigenvalue weighted by Gasteiger charge is -2.17. The van der Waals surface area contributed by atoms with Gasteiger partial charge in [0.2, 0.25) is 5.43 Å². The Morgan fingerprint density at radius 3 is 2.44 bits per heavy atom. The fourth-order valence-electron chi connectivity index (χ4n) is 2.76. The Balaban J connectivity index is 1.76. The van der Waals surface area contributed by atoms with Crippen LogP contribution in [0.25, 0.3) is 10.9 Å². The van der Waals surface area contributed by atoms with Crippen molar-refractivity contribution in [1.82, 2.24) is 9.78 Å². The molecule has 1 atom stereocenters. The first-order valence-electron chi connectivity index (χ1n) is 7.77. The number of rotatable bonds is 4. The molecule has 0 radical (unpaired) electrons. The van der Waals surface area contributed by atoms with Gasteiger partial charge in [-0.25, -0.2) is 4.68 Å². The number of aromatic nitrogens is 2. The van der Waals surface area contributed by atoms with Crippen LogP contribution in [-0.4, -0.2) is 16.8 Å². The molecule has 0 saturated carbocycles. The maximum Gasteiger partial charge on any atom is 0.416 e. The molecule has 0 aliphatic heterocycles. The molecular weight excluding hydrogens is 331 g/mol. The van der Waals surface area contributed by atoms with Crippen LogP contribution < -0.4 is 10.3 Å². The number of alkyl halides is 3. The van der Waals surface area contributed by atoms with Crippen LogP contribution in [0.4, 0.5) is 13.2 Å². The first-order chi connectivity index (χ1) is 11.8. The first-order valence-corrected chi connectivity index (χ1v) is 7.77. The van der Waals surface area contributed by atoms with E-state index in [1.165, 1.54) is 18.3 Å². The van der Waals surface area contributed by atoms with Gasteiger partial charge in [-0.3, -0.25) is 4.79 Å². The van der Waals surface area contributed by atoms with Crippen LogP contribution in [0.5, 0.6) is 0 Å². The lowest BCUT2D eigenvalue weighted by Crippen LogP contribution is -3.07. The third-order valence-electron chi connectivity index (χ3n) is 3.97. The SMILES string of the molecule is C[NH+](Cc1ccc(C(F)(F)F)cc1)Cn1ncc(=O)c2ccccc21. The highest BCUT2D eigenvalue weighted by atomic mass is 19.4. The van der Waals surface area contributed by atoms with Crippen LogP contribution in [0.3, 0.4) is 0 Å². The van der Waals surface area contributed by atoms with Gasteiger partial charge in [-0.15, -0.1) is 0 Å². The Morgan fingerprint density at radius 1 is 1.08 bits per heavy atom. The molecule has 0 bridgehead atoms. The van der Waals surface area contributed by atoms with Gasteiger partial charge in [0.15, 0.2) is 6.67 Å². The number of hydrogen-bond donors (Lipinski definition) is 1. The molecule has 7 heteroatoms. The maximum absolute atomic E-state index is 12.6. The Hall–Kier alpha value is -2.67. The molecule has 1 aromatic heterocycles. The van der Waals surface area contributed by atoms with Crippen LogP contribution in [0.15, 0.2) is 59.5 Å². The molecule has 1 N–H and O–H groups in total. The standard InChI is InChI=1S/C18H16F3N3O/c1-23(11-13-6-8-14(9-7-13)18(19,20)21)12-24-16-5-3-2-4-15(16)17(25)10-22-24/h2-10H,11-12H2,1H3/p+1. The Morgan fingerprint density at radius 2 is 1.76 bits per heavy atom. The molecule has 2 aromatic carbocycles. The smallest absolute Gasteiger partial charge is 0.315 e. The van der Waals surface area contributed by atoms with E-state index in [0.717, 1.165) is 28.1 Å². The average Bonchev–Trinajstić information content (AvgIpc) is 2.57. The van der Waals surface area contributed by atoms with E-state index in [0.29, 0.717) is 18.6 Å². The molecule has 0 fully saturated rings. The van der Waals surface area contributed by atoms with Crippen molar-refractivity contribution in [2.45, 2.75) is 19.4 Å². The van der Waals surface area contributed by atoms with Crippen LogP contribution in [0.1, 0.15) is 11.1 Å². The maximum atomic E-state index is 12.6. The average molecular weight is 348 g/mol. The van der Waals surface area contributed by atoms with E-state index in [1.54, 1.807) is 16.8 Å². The summed E-state index contributed by atoms with van der Waals surface area (Å²) in [6.45, 7) is 1.03. The van der Waals surface area contributed by atoms with Gasteiger partial charge >= 0.3 is 6.18 Å². The zero-order valence-corrected chi connectivity index (χ0v) is 13.5. The minimum Gasteiger partial charge on any atom is -0.315 e. The molecule has 130 valence electrons. The van der Waals surface area contributed by atoms with Gasteiger partial charge in [0.25, 0.3) is 0 Å². The lowest BCUT2D eigenvalue weighted by atomic mass is 10.1. The molecule has 4 nitrogen and oxygen atoms in total. The number of fused-ring (bicyclic) bond motifs is 1. The van der Waals surface area contributed by atoms with Crippen molar-refractivity contribution >= 4 is 10.9 Å². The van der Waals surface area contributed by atoms with Crippen LogP contribution in [0, 0.1) is 0 Å². The highest BCUT2D eigenvalue weighted by Crippen LogP contribution is 2.28. The van der Waals surface area contributed by atoms with E-state index in [1.807, 2.05) is 19.2 Å². The minimum atomic E-state index is -4.32. The largest absolute Gasteiger partial charge is 0.416 e. The lowest BCUT2D eigenvalue weighted by molar-refractivity contribution is -0.917. The zero-order valence-electron chi connectivity index (χ0n) is 13.5. The molecule has 0 spiro atoms. The Kier molecular flexibility index (Phi) is 4.59. The van der Waals surface area contributed by atoms with Crippen molar-refractivity contribution in [3.05, 3.63) is 76.1 Å². The number of hydrogen-bond acceptors (Lipinski definition) is 2. The van der Waals surface area contributed by atoms with Gasteiger partial charge in [0.05, 0.1) is 24.3 Å². The number of benzene rings is 2. The molecule has 0 aliphatic rings. The van der Waals surface area contributed by atoms with Crippen molar-refractivity contribution < 1.29 is 18.1 Å². The van der Waals surface area contributed by atoms with Crippen molar-refractivity contribution in [1.29, 1.82) is 0 Å². The van der Waals surface area contributed by atoms with Gasteiger partial charge in [-0.1, -0.05) is 24.3 Å². The fourth-order valence-corrected chi connectivity index (χ4v) is 2.76. The van der Waals surface area contributed by atoms with Crippen molar-refractivity contribution in [3.63, 3.8) is 0 Å². The third kappa shape index (κ3) is 3.88. The number of halogens is 3. The molecule has 0 amide bonds. The molecule has 1 unspecified atom stereocenters. The van der Waals surface area contributed by atoms with Gasteiger partial charge in [-0.2, -0.15) is 18.3 Å². The third-order valence-corrected chi connectivity index (χ3v) is 3.97. The van der Waals surface area contributed by atoms with Crippen LogP contribution in [0.2, 0.25) is 0 Å². The quantitative estimate of drug-likeness (QED) is 0.784. The van der Waals surface area contributed by atoms with Crippen LogP contribution >= 0.6 is 0 Å². The topological polar surface area (TPSA) is 39.3 Å². The number of nitrogens with zero attached hydrogens (tertiary/aromatic N) is 2. The first kappa shape index (κ1) is 17.2. The van der Waals surface area contributed by atoms with E-state index < -0.39 is 11.7 Å². The molecule has 25 heavy (non-hydrogen) atoms. The second-order valence-electron chi connectivity index (χ2n) is 6.01. The van der Waals surface area contributed by atoms with E-state index in [-0.39, 0.29) is 5.43 Å². The van der Waals surface area contributed by atoms with Gasteiger partial charge in [0, 0.05) is 10.9 Å². The zero-order chi connectivity index (χ0) is 18.0. The number of quaternary nitrogens is 1. The van der Waals surface area contributed by atoms with Gasteiger partial charge in [-0.05, 0) is 24.3 Å². The molecule has 0 aliphatic carbocycles. The summed E-state index contributed by atoms with van der Waals surface area (Å²) in [5.41, 5.74) is 0.756. The molecule has 3 rings (SSSR count). The van der Waals surface area contributed by atoms with Crippen molar-refractivity contribution in [3.8, 4) is 0 Å². The Labute approximate surface area is 142 Å². The van der Waals surface area contributed by atoms with Gasteiger partial charge < -0.3 is 4.90 Å². The van der Waals surface area contributed by atoms with Gasteiger partial charge in [0.1, 0.15) is 6.54 Å². The summed E-state index contributed by atoms with van der Waals surface area (Å²) in [6.07, 6.45) is -3.04. The molecule has 1 heterocycles. The fraction of sp³-hybridized carbons (Fsp3) is 0.222. The normalized spacial score (nSPS) is 13.1. The predicted molar refractivity (Wildman–Crippen MR) is 88.0 cm³/mol. The molecular formula is C18H17F3N3O+. The summed E-state index contributed by atoms with van der Waals surface area (Å²) in [7, 11) is 1.92. The summed E-state index contributed by atoms with van der Waals surface area (Å²) in [6, 6.07) is 12.4. The summed E-state index contributed by atoms with van der Waals surface area (Å²) in [4.78, 5) is 12.9. The van der Waals surface area contributed by atoms with Crippen LogP contribution in [-0.2, 0) is 19.4 Å². The molecule has 3 aromatic rings. The Bertz CT molecular complexity index is 933. The highest BCUT2D eigenvalue weighted by Gasteiger charge is 2.30. The second kappa shape index (κ2) is 6.68. The predicted octanol–water partition coefficient (Wildman–Crippen LogP) is 2.09. The summed E-state index contributed by atoms with van der Waals surface area (Å²) >= 11 is 0. The number of nitrogens with one attached hydrogen (secondary N) is 1. The van der Waals surface area contributed by atoms with E-state index in [9.17, 15) is 18.0 Å². The highest BCUT2D eigenvalue weighted by molar-refractivity contribution is 5.77. The molecule has 0 saturated heterocycles. The van der Waals surface area contributed by atoms with E-state index in [2.05, 4.69) is 5.10 Å². The van der Waals surface area contributed by atoms with Crippen molar-refractivity contribution in [2.75, 3.05) is 7.05 Å². The summed E-state index contributed by atoms with van der Waals surface area (Å²) in [5.74, 6) is 0. The number of para-hydroxylation sites is 1. The summed E-state index contributed by atoms with van der Waals surface area (Å²) < 4.78 is 39.6. The second-order valence-corrected chi connectivity index (χ2v) is 6.01.